The molecule has 0 N–H and O–H groups in total. The maximum Gasteiger partial charge on any atom is 0.496 e. The van der Waals surface area contributed by atoms with Gasteiger partial charge in [-0.15, -0.1) is 0 Å². The fourth-order valence-corrected chi connectivity index (χ4v) is 3.10. The Kier molecular flexibility index (Phi) is 3.63. The summed E-state index contributed by atoms with van der Waals surface area (Å²) in [5.41, 5.74) is 1.67. The fourth-order valence-electron chi connectivity index (χ4n) is 3.10. The van der Waals surface area contributed by atoms with Gasteiger partial charge in [0.15, 0.2) is 0 Å². The van der Waals surface area contributed by atoms with Gasteiger partial charge in [0.05, 0.1) is 11.2 Å². The predicted molar refractivity (Wildman–Crippen MR) is 84.6 cm³/mol. The highest BCUT2D eigenvalue weighted by Gasteiger charge is 2.51. The molecule has 0 saturated carbocycles. The van der Waals surface area contributed by atoms with Crippen LogP contribution >= 0.6 is 0 Å². The summed E-state index contributed by atoms with van der Waals surface area (Å²) in [5.74, 6) is 0. The second kappa shape index (κ2) is 5.08. The monoisotopic (exact) mass is 288 g/mol. The molecule has 0 amide bonds. The lowest BCUT2D eigenvalue weighted by molar-refractivity contribution is 0.00578. The minimum Gasteiger partial charge on any atom is -0.399 e. The molecule has 114 valence electrons. The van der Waals surface area contributed by atoms with Crippen LogP contribution in [0.15, 0.2) is 18.5 Å². The van der Waals surface area contributed by atoms with E-state index >= 15 is 0 Å². The zero-order valence-corrected chi connectivity index (χ0v) is 13.7. The summed E-state index contributed by atoms with van der Waals surface area (Å²) in [6.07, 6.45) is 6.29. The Hall–Kier alpha value is -0.905. The molecule has 0 aliphatic carbocycles. The van der Waals surface area contributed by atoms with Gasteiger partial charge < -0.3 is 9.31 Å². The second-order valence-corrected chi connectivity index (χ2v) is 7.28. The van der Waals surface area contributed by atoms with Crippen LogP contribution < -0.4 is 5.46 Å². The predicted octanol–water partition coefficient (Wildman–Crippen LogP) is 2.15. The molecule has 2 aliphatic heterocycles. The molecule has 0 bridgehead atoms. The minimum absolute atomic E-state index is 0.308. The quantitative estimate of drug-likeness (QED) is 0.781. The number of hydrogen-bond donors (Lipinski definition) is 0. The maximum atomic E-state index is 6.12. The van der Waals surface area contributed by atoms with Crippen molar-refractivity contribution in [2.24, 2.45) is 0 Å². The third-order valence-corrected chi connectivity index (χ3v) is 5.21. The van der Waals surface area contributed by atoms with Gasteiger partial charge in [0.25, 0.3) is 0 Å². The van der Waals surface area contributed by atoms with Crippen LogP contribution in [-0.4, -0.2) is 41.8 Å². The molecule has 5 heteroatoms. The number of aromatic nitrogens is 1. The summed E-state index contributed by atoms with van der Waals surface area (Å²) in [7, 11) is 1.85. The summed E-state index contributed by atoms with van der Waals surface area (Å²) in [4.78, 5) is 6.81. The average Bonchev–Trinajstić information content (AvgIpc) is 2.92. The third kappa shape index (κ3) is 2.63. The fraction of sp³-hybridized carbons (Fsp3) is 0.688. The Morgan fingerprint density at radius 1 is 1.19 bits per heavy atom. The molecule has 2 fully saturated rings. The van der Waals surface area contributed by atoms with Gasteiger partial charge in [-0.1, -0.05) is 6.07 Å². The Morgan fingerprint density at radius 3 is 2.43 bits per heavy atom. The molecule has 0 radical (unpaired) electrons. The summed E-state index contributed by atoms with van der Waals surface area (Å²) in [5, 5.41) is 0. The van der Waals surface area contributed by atoms with E-state index in [2.05, 4.69) is 50.7 Å². The maximum absolute atomic E-state index is 6.12. The highest BCUT2D eigenvalue weighted by molar-refractivity contribution is 6.62. The molecule has 0 spiro atoms. The zero-order chi connectivity index (χ0) is 15.3. The molecular weight excluding hydrogens is 263 g/mol. The van der Waals surface area contributed by atoms with E-state index in [1.54, 1.807) is 0 Å². The van der Waals surface area contributed by atoms with Gasteiger partial charge in [-0.2, -0.15) is 0 Å². The smallest absolute Gasteiger partial charge is 0.399 e. The SMILES string of the molecule is CN1CCC[C@H]1c1cncc(B2OC(C)(C)C(C)(C)O2)c1. The molecule has 0 unspecified atom stereocenters. The van der Waals surface area contributed by atoms with Crippen molar-refractivity contribution in [3.63, 3.8) is 0 Å². The van der Waals surface area contributed by atoms with E-state index < -0.39 is 0 Å². The second-order valence-electron chi connectivity index (χ2n) is 7.28. The van der Waals surface area contributed by atoms with Crippen molar-refractivity contribution in [1.29, 1.82) is 0 Å². The average molecular weight is 288 g/mol. The molecule has 3 heterocycles. The van der Waals surface area contributed by atoms with Crippen molar-refractivity contribution in [1.82, 2.24) is 9.88 Å². The summed E-state index contributed by atoms with van der Waals surface area (Å²) >= 11 is 0. The normalized spacial score (nSPS) is 28.2. The van der Waals surface area contributed by atoms with Gasteiger partial charge in [-0.25, -0.2) is 0 Å². The largest absolute Gasteiger partial charge is 0.496 e. The molecule has 21 heavy (non-hydrogen) atoms. The van der Waals surface area contributed by atoms with Crippen molar-refractivity contribution in [3.8, 4) is 0 Å². The van der Waals surface area contributed by atoms with Crippen molar-refractivity contribution in [3.05, 3.63) is 24.0 Å². The molecule has 1 aromatic rings. The van der Waals surface area contributed by atoms with Crippen LogP contribution in [-0.2, 0) is 9.31 Å². The van der Waals surface area contributed by atoms with Gasteiger partial charge in [0, 0.05) is 23.9 Å². The van der Waals surface area contributed by atoms with Crippen LogP contribution in [0.1, 0.15) is 52.1 Å². The van der Waals surface area contributed by atoms with E-state index in [1.807, 2.05) is 12.4 Å². The standard InChI is InChI=1S/C16H25BN2O2/c1-15(2)16(3,4)21-17(20-15)13-9-12(10-18-11-13)14-7-6-8-19(14)5/h9-11,14H,6-8H2,1-5H3/t14-/m0/s1. The highest BCUT2D eigenvalue weighted by Crippen LogP contribution is 2.36. The van der Waals surface area contributed by atoms with Gasteiger partial charge in [-0.3, -0.25) is 9.88 Å². The molecule has 2 saturated heterocycles. The van der Waals surface area contributed by atoms with Gasteiger partial charge in [0.2, 0.25) is 0 Å². The first-order valence-electron chi connectivity index (χ1n) is 7.81. The van der Waals surface area contributed by atoms with E-state index in [0.717, 1.165) is 12.0 Å². The topological polar surface area (TPSA) is 34.6 Å². The van der Waals surface area contributed by atoms with E-state index in [0.29, 0.717) is 6.04 Å². The van der Waals surface area contributed by atoms with E-state index in [9.17, 15) is 0 Å². The Labute approximate surface area is 128 Å². The van der Waals surface area contributed by atoms with Crippen LogP contribution in [0.4, 0.5) is 0 Å². The van der Waals surface area contributed by atoms with Crippen molar-refractivity contribution >= 4 is 12.6 Å². The molecular formula is C16H25BN2O2. The van der Waals surface area contributed by atoms with Gasteiger partial charge >= 0.3 is 7.12 Å². The van der Waals surface area contributed by atoms with Gasteiger partial charge in [-0.05, 0) is 59.7 Å². The number of pyridine rings is 1. The lowest BCUT2D eigenvalue weighted by atomic mass is 9.79. The summed E-state index contributed by atoms with van der Waals surface area (Å²) in [6, 6.07) is 2.67. The van der Waals surface area contributed by atoms with Crippen molar-refractivity contribution in [2.45, 2.75) is 57.8 Å². The minimum atomic E-state index is -0.325. The van der Waals surface area contributed by atoms with Crippen LogP contribution in [0.25, 0.3) is 0 Å². The summed E-state index contributed by atoms with van der Waals surface area (Å²) in [6.45, 7) is 9.47. The van der Waals surface area contributed by atoms with E-state index in [-0.39, 0.29) is 18.3 Å². The zero-order valence-electron chi connectivity index (χ0n) is 13.7. The van der Waals surface area contributed by atoms with Crippen LogP contribution in [0, 0.1) is 0 Å². The first-order chi connectivity index (χ1) is 9.80. The number of hydrogen-bond acceptors (Lipinski definition) is 4. The Balaban J connectivity index is 1.84. The van der Waals surface area contributed by atoms with Crippen LogP contribution in [0.5, 0.6) is 0 Å². The highest BCUT2D eigenvalue weighted by atomic mass is 16.7. The lowest BCUT2D eigenvalue weighted by Gasteiger charge is -2.32. The molecule has 1 aromatic heterocycles. The van der Waals surface area contributed by atoms with Crippen LogP contribution in [0.3, 0.4) is 0 Å². The Morgan fingerprint density at radius 2 is 1.86 bits per heavy atom. The van der Waals surface area contributed by atoms with Gasteiger partial charge in [0.1, 0.15) is 0 Å². The first kappa shape index (κ1) is 15.0. The van der Waals surface area contributed by atoms with Crippen LogP contribution in [0.2, 0.25) is 0 Å². The molecule has 0 aromatic carbocycles. The van der Waals surface area contributed by atoms with E-state index in [1.165, 1.54) is 18.4 Å². The molecule has 3 rings (SSSR count). The number of rotatable bonds is 2. The van der Waals surface area contributed by atoms with E-state index in [4.69, 9.17) is 9.31 Å². The summed E-state index contributed by atoms with van der Waals surface area (Å²) < 4.78 is 12.2. The lowest BCUT2D eigenvalue weighted by Crippen LogP contribution is -2.41. The van der Waals surface area contributed by atoms with Crippen molar-refractivity contribution < 1.29 is 9.31 Å². The molecule has 2 aliphatic rings. The van der Waals surface area contributed by atoms with Crippen molar-refractivity contribution in [2.75, 3.05) is 13.6 Å². The molecule has 4 nitrogen and oxygen atoms in total. The number of likely N-dealkylation sites (tertiary alicyclic amines) is 1. The Bertz CT molecular complexity index is 517. The first-order valence-corrected chi connectivity index (χ1v) is 7.81. The molecule has 1 atom stereocenters. The number of nitrogens with zero attached hydrogens (tertiary/aromatic N) is 2. The third-order valence-electron chi connectivity index (χ3n) is 5.21.